The first-order valence-corrected chi connectivity index (χ1v) is 8.83. The largest absolute Gasteiger partial charge is 0.451 e. The van der Waals surface area contributed by atoms with Crippen molar-refractivity contribution in [3.63, 3.8) is 0 Å². The van der Waals surface area contributed by atoms with E-state index in [0.717, 1.165) is 10.9 Å². The Hall–Kier alpha value is -1.86. The van der Waals surface area contributed by atoms with E-state index in [4.69, 9.17) is 9.56 Å². The van der Waals surface area contributed by atoms with Crippen molar-refractivity contribution in [2.75, 3.05) is 18.8 Å². The smallest absolute Gasteiger partial charge is 0.289 e. The lowest BCUT2D eigenvalue weighted by atomic mass is 10.2. The maximum absolute atomic E-state index is 12.5. The van der Waals surface area contributed by atoms with Crippen LogP contribution >= 0.6 is 0 Å². The van der Waals surface area contributed by atoms with E-state index in [2.05, 4.69) is 0 Å². The van der Waals surface area contributed by atoms with E-state index < -0.39 is 10.0 Å². The Bertz CT molecular complexity index is 825. The number of fused-ring (bicyclic) bond motifs is 1. The minimum absolute atomic E-state index is 0.0872. The molecule has 2 aromatic rings. The zero-order valence-corrected chi connectivity index (χ0v) is 13.1. The molecule has 118 valence electrons. The monoisotopic (exact) mass is 322 g/mol. The maximum Gasteiger partial charge on any atom is 0.289 e. The summed E-state index contributed by atoms with van der Waals surface area (Å²) < 4.78 is 27.9. The lowest BCUT2D eigenvalue weighted by molar-refractivity contribution is 0.0759. The van der Waals surface area contributed by atoms with Gasteiger partial charge in [-0.3, -0.25) is 4.79 Å². The number of furan rings is 1. The van der Waals surface area contributed by atoms with Crippen molar-refractivity contribution in [2.45, 2.75) is 13.3 Å². The summed E-state index contributed by atoms with van der Waals surface area (Å²) in [7, 11) is -3.51. The minimum Gasteiger partial charge on any atom is -0.451 e. The first-order valence-electron chi connectivity index (χ1n) is 7.12. The molecule has 1 aliphatic heterocycles. The molecule has 0 bridgehead atoms. The molecule has 1 aliphatic rings. The molecule has 0 unspecified atom stereocenters. The minimum atomic E-state index is -3.51. The maximum atomic E-state index is 12.5. The van der Waals surface area contributed by atoms with E-state index in [-0.39, 0.29) is 23.3 Å². The Morgan fingerprint density at radius 2 is 2.18 bits per heavy atom. The molecule has 1 saturated heterocycles. The lowest BCUT2D eigenvalue weighted by Crippen LogP contribution is -2.30. The topological polar surface area (TPSA) is 93.6 Å². The van der Waals surface area contributed by atoms with E-state index in [1.165, 1.54) is 0 Å². The van der Waals surface area contributed by atoms with Gasteiger partial charge in [0.25, 0.3) is 5.91 Å². The van der Waals surface area contributed by atoms with Crippen LogP contribution in [0, 0.1) is 12.8 Å². The fourth-order valence-corrected chi connectivity index (χ4v) is 3.83. The number of benzene rings is 1. The van der Waals surface area contributed by atoms with Crippen LogP contribution in [0.15, 0.2) is 28.7 Å². The van der Waals surface area contributed by atoms with Crippen LogP contribution in [0.25, 0.3) is 11.0 Å². The van der Waals surface area contributed by atoms with Crippen LogP contribution in [0.3, 0.4) is 0 Å². The predicted molar refractivity (Wildman–Crippen MR) is 82.9 cm³/mol. The van der Waals surface area contributed by atoms with Gasteiger partial charge in [-0.1, -0.05) is 11.6 Å². The number of carbonyl (C=O) groups is 1. The van der Waals surface area contributed by atoms with Crippen LogP contribution in [0.2, 0.25) is 0 Å². The van der Waals surface area contributed by atoms with Crippen LogP contribution < -0.4 is 5.14 Å². The average molecular weight is 322 g/mol. The summed E-state index contributed by atoms with van der Waals surface area (Å²) in [5.74, 6) is -0.107. The normalized spacial score (nSPS) is 19.0. The molecule has 7 heteroatoms. The van der Waals surface area contributed by atoms with Crippen molar-refractivity contribution in [2.24, 2.45) is 11.1 Å². The highest BCUT2D eigenvalue weighted by Gasteiger charge is 2.30. The number of nitrogens with zero attached hydrogens (tertiary/aromatic N) is 1. The molecule has 3 rings (SSSR count). The van der Waals surface area contributed by atoms with Gasteiger partial charge in [-0.05, 0) is 37.5 Å². The Morgan fingerprint density at radius 3 is 2.91 bits per heavy atom. The summed E-state index contributed by atoms with van der Waals surface area (Å²) >= 11 is 0. The molecule has 1 atom stereocenters. The Labute approximate surface area is 128 Å². The van der Waals surface area contributed by atoms with Gasteiger partial charge >= 0.3 is 0 Å². The number of rotatable bonds is 3. The molecule has 0 aliphatic carbocycles. The molecule has 0 spiro atoms. The molecule has 0 radical (unpaired) electrons. The number of hydrogen-bond donors (Lipinski definition) is 1. The molecule has 1 amide bonds. The number of carbonyl (C=O) groups excluding carboxylic acids is 1. The van der Waals surface area contributed by atoms with Crippen molar-refractivity contribution >= 4 is 26.9 Å². The van der Waals surface area contributed by atoms with Gasteiger partial charge in [0.15, 0.2) is 5.76 Å². The van der Waals surface area contributed by atoms with Gasteiger partial charge < -0.3 is 9.32 Å². The van der Waals surface area contributed by atoms with Gasteiger partial charge in [0, 0.05) is 18.5 Å². The fourth-order valence-electron chi connectivity index (χ4n) is 2.91. The number of sulfonamides is 1. The number of aryl methyl sites for hydroxylation is 1. The molecule has 1 aromatic carbocycles. The van der Waals surface area contributed by atoms with E-state index in [0.29, 0.717) is 25.1 Å². The van der Waals surface area contributed by atoms with Gasteiger partial charge in [-0.15, -0.1) is 0 Å². The van der Waals surface area contributed by atoms with Crippen molar-refractivity contribution in [1.82, 2.24) is 4.90 Å². The van der Waals surface area contributed by atoms with Crippen LogP contribution in [-0.2, 0) is 10.0 Å². The summed E-state index contributed by atoms with van der Waals surface area (Å²) in [4.78, 5) is 14.1. The van der Waals surface area contributed by atoms with Crippen LogP contribution in [0.5, 0.6) is 0 Å². The van der Waals surface area contributed by atoms with Crippen molar-refractivity contribution in [3.8, 4) is 0 Å². The molecule has 2 heterocycles. The number of amides is 1. The molecule has 22 heavy (non-hydrogen) atoms. The molecule has 2 N–H and O–H groups in total. The SMILES string of the molecule is Cc1ccc2oc(C(=O)N3CC[C@H](CS(N)(=O)=O)C3)cc2c1. The number of nitrogens with two attached hydrogens (primary N) is 1. The first-order chi connectivity index (χ1) is 10.3. The summed E-state index contributed by atoms with van der Waals surface area (Å²) in [6, 6.07) is 7.47. The van der Waals surface area contributed by atoms with Crippen LogP contribution in [0.4, 0.5) is 0 Å². The second-order valence-corrected chi connectivity index (χ2v) is 7.55. The molecular formula is C15H18N2O4S. The fraction of sp³-hybridized carbons (Fsp3) is 0.400. The van der Waals surface area contributed by atoms with Crippen LogP contribution in [0.1, 0.15) is 22.5 Å². The molecule has 1 fully saturated rings. The molecular weight excluding hydrogens is 304 g/mol. The van der Waals surface area contributed by atoms with Crippen molar-refractivity contribution in [1.29, 1.82) is 0 Å². The van der Waals surface area contributed by atoms with E-state index in [1.807, 2.05) is 25.1 Å². The van der Waals surface area contributed by atoms with Gasteiger partial charge in [0.05, 0.1) is 5.75 Å². The summed E-state index contributed by atoms with van der Waals surface area (Å²) in [6.45, 7) is 2.90. The average Bonchev–Trinajstić information content (AvgIpc) is 3.02. The number of hydrogen-bond acceptors (Lipinski definition) is 4. The van der Waals surface area contributed by atoms with Crippen LogP contribution in [-0.4, -0.2) is 38.1 Å². The van der Waals surface area contributed by atoms with Gasteiger partial charge in [0.1, 0.15) is 5.58 Å². The van der Waals surface area contributed by atoms with Gasteiger partial charge in [-0.25, -0.2) is 13.6 Å². The molecule has 0 saturated carbocycles. The Balaban J connectivity index is 1.76. The molecule has 1 aromatic heterocycles. The third kappa shape index (κ3) is 3.15. The lowest BCUT2D eigenvalue weighted by Gasteiger charge is -2.14. The zero-order chi connectivity index (χ0) is 15.9. The second-order valence-electron chi connectivity index (χ2n) is 5.89. The van der Waals surface area contributed by atoms with Gasteiger partial charge in [0.2, 0.25) is 10.0 Å². The number of primary sulfonamides is 1. The first kappa shape index (κ1) is 15.1. The third-order valence-corrected chi connectivity index (χ3v) is 4.86. The summed E-state index contributed by atoms with van der Waals surface area (Å²) in [6.07, 6.45) is 0.640. The quantitative estimate of drug-likeness (QED) is 0.926. The van der Waals surface area contributed by atoms with E-state index >= 15 is 0 Å². The highest BCUT2D eigenvalue weighted by molar-refractivity contribution is 7.89. The van der Waals surface area contributed by atoms with Crippen molar-refractivity contribution < 1.29 is 17.6 Å². The van der Waals surface area contributed by atoms with E-state index in [9.17, 15) is 13.2 Å². The predicted octanol–water partition coefficient (Wildman–Crippen LogP) is 1.49. The Morgan fingerprint density at radius 1 is 1.41 bits per heavy atom. The number of likely N-dealkylation sites (tertiary alicyclic amines) is 1. The highest BCUT2D eigenvalue weighted by atomic mass is 32.2. The third-order valence-electron chi connectivity index (χ3n) is 3.92. The van der Waals surface area contributed by atoms with E-state index in [1.54, 1.807) is 11.0 Å². The van der Waals surface area contributed by atoms with Crippen molar-refractivity contribution in [3.05, 3.63) is 35.6 Å². The summed E-state index contributed by atoms with van der Waals surface area (Å²) in [5, 5.41) is 5.96. The summed E-state index contributed by atoms with van der Waals surface area (Å²) in [5.41, 5.74) is 1.77. The highest BCUT2D eigenvalue weighted by Crippen LogP contribution is 2.24. The van der Waals surface area contributed by atoms with Gasteiger partial charge in [-0.2, -0.15) is 0 Å². The molecule has 6 nitrogen and oxygen atoms in total. The Kier molecular flexibility index (Phi) is 3.70. The standard InChI is InChI=1S/C15H18N2O4S/c1-10-2-3-13-12(6-10)7-14(21-13)15(18)17-5-4-11(8-17)9-22(16,19)20/h2-3,6-7,11H,4-5,8-9H2,1H3,(H2,16,19,20)/t11-/m0/s1. The zero-order valence-electron chi connectivity index (χ0n) is 12.3. The second kappa shape index (κ2) is 5.40.